The first-order chi connectivity index (χ1) is 8.17. The summed E-state index contributed by atoms with van der Waals surface area (Å²) in [7, 11) is 1.55. The number of hydrogen-bond acceptors (Lipinski definition) is 5. The smallest absolute Gasteiger partial charge is 0.234 e. The second kappa shape index (κ2) is 7.03. The van der Waals surface area contributed by atoms with Crippen LogP contribution in [-0.4, -0.2) is 36.2 Å². The molecule has 5 nitrogen and oxygen atoms in total. The van der Waals surface area contributed by atoms with E-state index in [1.165, 1.54) is 11.8 Å². The van der Waals surface area contributed by atoms with Crippen LogP contribution >= 0.6 is 11.8 Å². The van der Waals surface area contributed by atoms with Crippen molar-refractivity contribution in [2.75, 3.05) is 36.3 Å². The Morgan fingerprint density at radius 1 is 1.59 bits per heavy atom. The van der Waals surface area contributed by atoms with E-state index in [2.05, 4.69) is 5.32 Å². The molecule has 94 valence electrons. The van der Waals surface area contributed by atoms with E-state index in [4.69, 9.17) is 15.6 Å². The molecule has 1 aromatic rings. The molecule has 1 rings (SSSR count). The number of methoxy groups -OCH3 is 1. The standard InChI is InChI=1S/C11H16N2O3S/c1-16-8-2-3-10(9(12)6-8)13-11(15)7-17-5-4-14/h2-3,6,14H,4-5,7,12H2,1H3,(H,13,15). The van der Waals surface area contributed by atoms with Gasteiger partial charge in [0.05, 0.1) is 30.8 Å². The minimum absolute atomic E-state index is 0.0720. The zero-order valence-corrected chi connectivity index (χ0v) is 10.4. The minimum Gasteiger partial charge on any atom is -0.497 e. The van der Waals surface area contributed by atoms with Gasteiger partial charge in [0, 0.05) is 11.8 Å². The van der Waals surface area contributed by atoms with Crippen LogP contribution in [0.1, 0.15) is 0 Å². The Kier molecular flexibility index (Phi) is 5.65. The summed E-state index contributed by atoms with van der Waals surface area (Å²) in [6, 6.07) is 5.08. The number of amides is 1. The average Bonchev–Trinajstić information content (AvgIpc) is 2.32. The number of aliphatic hydroxyl groups excluding tert-OH is 1. The fraction of sp³-hybridized carbons (Fsp3) is 0.364. The number of thioether (sulfide) groups is 1. The van der Waals surface area contributed by atoms with Crippen molar-refractivity contribution in [1.29, 1.82) is 0 Å². The zero-order chi connectivity index (χ0) is 12.7. The molecule has 0 bridgehead atoms. The fourth-order valence-electron chi connectivity index (χ4n) is 1.20. The van der Waals surface area contributed by atoms with E-state index in [1.54, 1.807) is 25.3 Å². The molecule has 0 atom stereocenters. The third-order valence-electron chi connectivity index (χ3n) is 2.00. The van der Waals surface area contributed by atoms with Crippen LogP contribution in [0.2, 0.25) is 0 Å². The molecule has 0 aromatic heterocycles. The van der Waals surface area contributed by atoms with Crippen molar-refractivity contribution in [3.63, 3.8) is 0 Å². The zero-order valence-electron chi connectivity index (χ0n) is 9.60. The number of benzene rings is 1. The summed E-state index contributed by atoms with van der Waals surface area (Å²) < 4.78 is 5.01. The number of nitrogens with two attached hydrogens (primary N) is 1. The van der Waals surface area contributed by atoms with E-state index in [9.17, 15) is 4.79 Å². The first-order valence-electron chi connectivity index (χ1n) is 5.09. The summed E-state index contributed by atoms with van der Waals surface area (Å²) in [5.41, 5.74) is 6.79. The molecule has 1 aromatic carbocycles. The molecular weight excluding hydrogens is 240 g/mol. The van der Waals surface area contributed by atoms with Gasteiger partial charge in [-0.3, -0.25) is 4.79 Å². The monoisotopic (exact) mass is 256 g/mol. The summed E-state index contributed by atoms with van der Waals surface area (Å²) in [4.78, 5) is 11.5. The molecule has 0 spiro atoms. The Balaban J connectivity index is 2.53. The number of anilines is 2. The van der Waals surface area contributed by atoms with Gasteiger partial charge in [0.2, 0.25) is 5.91 Å². The van der Waals surface area contributed by atoms with Crippen LogP contribution in [-0.2, 0) is 4.79 Å². The van der Waals surface area contributed by atoms with E-state index in [0.717, 1.165) is 0 Å². The first kappa shape index (κ1) is 13.7. The molecule has 0 aliphatic rings. The van der Waals surface area contributed by atoms with Crippen LogP contribution in [0.15, 0.2) is 18.2 Å². The first-order valence-corrected chi connectivity index (χ1v) is 6.25. The van der Waals surface area contributed by atoms with Crippen molar-refractivity contribution < 1.29 is 14.6 Å². The number of nitrogen functional groups attached to an aromatic ring is 1. The van der Waals surface area contributed by atoms with E-state index >= 15 is 0 Å². The predicted octanol–water partition coefficient (Wildman–Crippen LogP) is 0.941. The van der Waals surface area contributed by atoms with Crippen LogP contribution in [0, 0.1) is 0 Å². The molecule has 1 amide bonds. The maximum Gasteiger partial charge on any atom is 0.234 e. The van der Waals surface area contributed by atoms with E-state index < -0.39 is 0 Å². The lowest BCUT2D eigenvalue weighted by molar-refractivity contribution is -0.113. The van der Waals surface area contributed by atoms with Crippen molar-refractivity contribution in [3.05, 3.63) is 18.2 Å². The number of aliphatic hydroxyl groups is 1. The molecule has 0 heterocycles. The Morgan fingerprint density at radius 3 is 2.94 bits per heavy atom. The Bertz CT molecular complexity index is 385. The highest BCUT2D eigenvalue weighted by Crippen LogP contribution is 2.24. The van der Waals surface area contributed by atoms with Crippen molar-refractivity contribution in [2.24, 2.45) is 0 Å². The second-order valence-electron chi connectivity index (χ2n) is 3.28. The molecule has 0 fully saturated rings. The highest BCUT2D eigenvalue weighted by Gasteiger charge is 2.06. The Hall–Kier alpha value is -1.40. The van der Waals surface area contributed by atoms with Crippen molar-refractivity contribution in [1.82, 2.24) is 0 Å². The van der Waals surface area contributed by atoms with Crippen molar-refractivity contribution in [3.8, 4) is 5.75 Å². The lowest BCUT2D eigenvalue weighted by atomic mass is 10.2. The van der Waals surface area contributed by atoms with Gasteiger partial charge in [0.1, 0.15) is 5.75 Å². The highest BCUT2D eigenvalue weighted by molar-refractivity contribution is 7.99. The Morgan fingerprint density at radius 2 is 2.35 bits per heavy atom. The van der Waals surface area contributed by atoms with Gasteiger partial charge in [-0.15, -0.1) is 11.8 Å². The average molecular weight is 256 g/mol. The van der Waals surface area contributed by atoms with Gasteiger partial charge in [-0.1, -0.05) is 0 Å². The minimum atomic E-state index is -0.139. The van der Waals surface area contributed by atoms with Gasteiger partial charge in [0.15, 0.2) is 0 Å². The van der Waals surface area contributed by atoms with Crippen LogP contribution in [0.5, 0.6) is 5.75 Å². The maximum absolute atomic E-state index is 11.5. The number of rotatable bonds is 6. The molecule has 0 saturated carbocycles. The molecular formula is C11H16N2O3S. The van der Waals surface area contributed by atoms with E-state index in [1.807, 2.05) is 0 Å². The summed E-state index contributed by atoms with van der Waals surface area (Å²) in [5.74, 6) is 1.35. The van der Waals surface area contributed by atoms with Gasteiger partial charge in [-0.2, -0.15) is 0 Å². The van der Waals surface area contributed by atoms with E-state index in [-0.39, 0.29) is 12.5 Å². The fourth-order valence-corrected chi connectivity index (χ4v) is 1.73. The second-order valence-corrected chi connectivity index (χ2v) is 4.38. The Labute approximate surface area is 104 Å². The van der Waals surface area contributed by atoms with Gasteiger partial charge in [-0.25, -0.2) is 0 Å². The molecule has 0 aliphatic carbocycles. The summed E-state index contributed by atoms with van der Waals surface area (Å²) >= 11 is 1.37. The van der Waals surface area contributed by atoms with Crippen molar-refractivity contribution >= 4 is 29.0 Å². The van der Waals surface area contributed by atoms with Crippen LogP contribution in [0.4, 0.5) is 11.4 Å². The molecule has 6 heteroatoms. The number of carbonyl (C=O) groups is 1. The molecule has 0 saturated heterocycles. The molecule has 17 heavy (non-hydrogen) atoms. The van der Waals surface area contributed by atoms with Crippen LogP contribution in [0.25, 0.3) is 0 Å². The quantitative estimate of drug-likeness (QED) is 0.521. The molecule has 0 radical (unpaired) electrons. The summed E-state index contributed by atoms with van der Waals surface area (Å²) in [6.45, 7) is 0.0720. The normalized spacial score (nSPS) is 10.0. The van der Waals surface area contributed by atoms with Gasteiger partial charge in [0.25, 0.3) is 0 Å². The number of nitrogens with one attached hydrogen (secondary N) is 1. The highest BCUT2D eigenvalue weighted by atomic mass is 32.2. The van der Waals surface area contributed by atoms with Gasteiger partial charge < -0.3 is 20.9 Å². The number of hydrogen-bond donors (Lipinski definition) is 3. The largest absolute Gasteiger partial charge is 0.497 e. The van der Waals surface area contributed by atoms with Crippen LogP contribution in [0.3, 0.4) is 0 Å². The molecule has 4 N–H and O–H groups in total. The van der Waals surface area contributed by atoms with Gasteiger partial charge >= 0.3 is 0 Å². The molecule has 0 unspecified atom stereocenters. The lowest BCUT2D eigenvalue weighted by Crippen LogP contribution is -2.15. The number of carbonyl (C=O) groups excluding carboxylic acids is 1. The third-order valence-corrected chi connectivity index (χ3v) is 2.94. The van der Waals surface area contributed by atoms with Crippen molar-refractivity contribution in [2.45, 2.75) is 0 Å². The summed E-state index contributed by atoms with van der Waals surface area (Å²) in [6.07, 6.45) is 0. The van der Waals surface area contributed by atoms with Crippen LogP contribution < -0.4 is 15.8 Å². The topological polar surface area (TPSA) is 84.6 Å². The third kappa shape index (κ3) is 4.54. The molecule has 0 aliphatic heterocycles. The SMILES string of the molecule is COc1ccc(NC(=O)CSCCO)c(N)c1. The maximum atomic E-state index is 11.5. The number of ether oxygens (including phenoxy) is 1. The van der Waals surface area contributed by atoms with E-state index in [0.29, 0.717) is 28.6 Å². The summed E-state index contributed by atoms with van der Waals surface area (Å²) in [5, 5.41) is 11.3. The van der Waals surface area contributed by atoms with Gasteiger partial charge in [-0.05, 0) is 12.1 Å². The lowest BCUT2D eigenvalue weighted by Gasteiger charge is -2.09. The predicted molar refractivity (Wildman–Crippen MR) is 70.4 cm³/mol.